The fraction of sp³-hybridized carbons (Fsp3) is 0.737. The van der Waals surface area contributed by atoms with Crippen LogP contribution in [0.15, 0.2) is 18.5 Å². The molecule has 3 rings (SSSR count). The third kappa shape index (κ3) is 4.50. The van der Waals surface area contributed by atoms with Gasteiger partial charge in [-0.25, -0.2) is 0 Å². The van der Waals surface area contributed by atoms with Gasteiger partial charge in [-0.3, -0.25) is 14.3 Å². The highest BCUT2D eigenvalue weighted by molar-refractivity contribution is 5.79. The third-order valence-electron chi connectivity index (χ3n) is 5.80. The summed E-state index contributed by atoms with van der Waals surface area (Å²) in [6.45, 7) is 5.15. The van der Waals surface area contributed by atoms with Gasteiger partial charge in [0.1, 0.15) is 6.61 Å². The van der Waals surface area contributed by atoms with Crippen LogP contribution in [0.25, 0.3) is 0 Å². The number of methoxy groups -OCH3 is 1. The van der Waals surface area contributed by atoms with Crippen molar-refractivity contribution in [1.29, 1.82) is 0 Å². The smallest absolute Gasteiger partial charge is 0.249 e. The number of nitrogens with zero attached hydrogens (tertiary/aromatic N) is 4. The molecular weight excluding hydrogens is 348 g/mol. The number of ether oxygens (including phenoxy) is 2. The van der Waals surface area contributed by atoms with Crippen molar-refractivity contribution in [2.45, 2.75) is 44.2 Å². The van der Waals surface area contributed by atoms with E-state index < -0.39 is 0 Å². The Morgan fingerprint density at radius 3 is 2.63 bits per heavy atom. The minimum absolute atomic E-state index is 0.00129. The molecule has 2 aliphatic rings. The quantitative estimate of drug-likeness (QED) is 0.767. The van der Waals surface area contributed by atoms with E-state index in [9.17, 15) is 9.59 Å². The summed E-state index contributed by atoms with van der Waals surface area (Å²) in [7, 11) is 1.54. The molecule has 27 heavy (non-hydrogen) atoms. The number of amides is 2. The van der Waals surface area contributed by atoms with E-state index >= 15 is 0 Å². The molecule has 0 radical (unpaired) electrons. The lowest BCUT2D eigenvalue weighted by Crippen LogP contribution is -2.55. The molecule has 0 aliphatic carbocycles. The van der Waals surface area contributed by atoms with Crippen molar-refractivity contribution in [2.75, 3.05) is 46.6 Å². The van der Waals surface area contributed by atoms with Crippen LogP contribution in [0.4, 0.5) is 0 Å². The predicted octanol–water partition coefficient (Wildman–Crippen LogP) is 1.09. The molecule has 0 aromatic carbocycles. The van der Waals surface area contributed by atoms with Crippen molar-refractivity contribution in [3.05, 3.63) is 18.5 Å². The number of hydrogen-bond acceptors (Lipinski definition) is 5. The van der Waals surface area contributed by atoms with Crippen molar-refractivity contribution in [3.8, 4) is 0 Å². The lowest BCUT2D eigenvalue weighted by Gasteiger charge is -2.45. The molecule has 2 saturated heterocycles. The molecular formula is C19H30N4O4. The summed E-state index contributed by atoms with van der Waals surface area (Å²) < 4.78 is 12.4. The largest absolute Gasteiger partial charge is 0.381 e. The zero-order valence-corrected chi connectivity index (χ0v) is 16.3. The lowest BCUT2D eigenvalue weighted by atomic mass is 9.84. The summed E-state index contributed by atoms with van der Waals surface area (Å²) in [6, 6.07) is 1.88. The minimum Gasteiger partial charge on any atom is -0.381 e. The molecule has 1 aromatic rings. The van der Waals surface area contributed by atoms with Crippen LogP contribution < -0.4 is 0 Å². The molecule has 2 fully saturated rings. The summed E-state index contributed by atoms with van der Waals surface area (Å²) in [4.78, 5) is 29.4. The van der Waals surface area contributed by atoms with E-state index in [-0.39, 0.29) is 30.0 Å². The Hall–Kier alpha value is -1.93. The van der Waals surface area contributed by atoms with E-state index in [0.29, 0.717) is 39.3 Å². The van der Waals surface area contributed by atoms with Crippen LogP contribution in [0.1, 0.15) is 38.6 Å². The van der Waals surface area contributed by atoms with Crippen LogP contribution in [0.5, 0.6) is 0 Å². The average Bonchev–Trinajstić information content (AvgIpc) is 3.14. The van der Waals surface area contributed by atoms with Gasteiger partial charge in [-0.1, -0.05) is 0 Å². The second kappa shape index (κ2) is 8.84. The maximum absolute atomic E-state index is 12.9. The minimum atomic E-state index is -0.226. The molecule has 2 aliphatic heterocycles. The first-order valence-electron chi connectivity index (χ1n) is 9.70. The van der Waals surface area contributed by atoms with Gasteiger partial charge in [-0.15, -0.1) is 0 Å². The first-order chi connectivity index (χ1) is 13.1. The molecule has 8 nitrogen and oxygen atoms in total. The number of carbonyl (C=O) groups excluding carboxylic acids is 2. The highest BCUT2D eigenvalue weighted by atomic mass is 16.5. The van der Waals surface area contributed by atoms with Crippen molar-refractivity contribution < 1.29 is 19.1 Å². The highest BCUT2D eigenvalue weighted by Gasteiger charge is 2.43. The van der Waals surface area contributed by atoms with Gasteiger partial charge >= 0.3 is 0 Å². The zero-order chi connectivity index (χ0) is 19.3. The van der Waals surface area contributed by atoms with Gasteiger partial charge in [0.15, 0.2) is 0 Å². The van der Waals surface area contributed by atoms with Gasteiger partial charge in [-0.05, 0) is 32.3 Å². The van der Waals surface area contributed by atoms with Gasteiger partial charge in [0.25, 0.3) is 0 Å². The first-order valence-corrected chi connectivity index (χ1v) is 9.70. The third-order valence-corrected chi connectivity index (χ3v) is 5.80. The van der Waals surface area contributed by atoms with Crippen molar-refractivity contribution in [2.24, 2.45) is 0 Å². The van der Waals surface area contributed by atoms with E-state index in [0.717, 1.165) is 19.3 Å². The lowest BCUT2D eigenvalue weighted by molar-refractivity contribution is -0.145. The summed E-state index contributed by atoms with van der Waals surface area (Å²) in [5.41, 5.74) is -0.226. The second-order valence-corrected chi connectivity index (χ2v) is 7.49. The Labute approximate surface area is 160 Å². The van der Waals surface area contributed by atoms with Crippen LogP contribution in [0, 0.1) is 0 Å². The van der Waals surface area contributed by atoms with Gasteiger partial charge in [0.05, 0.1) is 6.04 Å². The van der Waals surface area contributed by atoms with Gasteiger partial charge < -0.3 is 19.3 Å². The van der Waals surface area contributed by atoms with Gasteiger partial charge in [-0.2, -0.15) is 5.10 Å². The van der Waals surface area contributed by atoms with E-state index in [4.69, 9.17) is 9.47 Å². The van der Waals surface area contributed by atoms with Gasteiger partial charge in [0, 0.05) is 64.3 Å². The fourth-order valence-corrected chi connectivity index (χ4v) is 4.18. The molecule has 0 saturated carbocycles. The van der Waals surface area contributed by atoms with Crippen LogP contribution in [0.2, 0.25) is 0 Å². The molecule has 0 N–H and O–H groups in total. The second-order valence-electron chi connectivity index (χ2n) is 7.49. The Bertz CT molecular complexity index is 628. The van der Waals surface area contributed by atoms with Gasteiger partial charge in [0.2, 0.25) is 11.8 Å². The molecule has 8 heteroatoms. The Kier molecular flexibility index (Phi) is 6.49. The van der Waals surface area contributed by atoms with Crippen molar-refractivity contribution >= 4 is 11.8 Å². The highest BCUT2D eigenvalue weighted by Crippen LogP contribution is 2.34. The number of hydrogen-bond donors (Lipinski definition) is 0. The molecule has 1 spiro atoms. The van der Waals surface area contributed by atoms with Crippen molar-refractivity contribution in [1.82, 2.24) is 19.6 Å². The van der Waals surface area contributed by atoms with Crippen LogP contribution >= 0.6 is 0 Å². The normalized spacial score (nSPS) is 21.1. The molecule has 1 aromatic heterocycles. The molecule has 2 amide bonds. The fourth-order valence-electron chi connectivity index (χ4n) is 4.18. The van der Waals surface area contributed by atoms with Crippen LogP contribution in [-0.2, 0) is 19.1 Å². The monoisotopic (exact) mass is 378 g/mol. The maximum atomic E-state index is 12.9. The Balaban J connectivity index is 1.68. The van der Waals surface area contributed by atoms with E-state index in [2.05, 4.69) is 5.10 Å². The Morgan fingerprint density at radius 1 is 1.19 bits per heavy atom. The molecule has 0 bridgehead atoms. The van der Waals surface area contributed by atoms with E-state index in [1.54, 1.807) is 13.3 Å². The van der Waals surface area contributed by atoms with E-state index in [1.807, 2.05) is 33.7 Å². The molecule has 1 atom stereocenters. The van der Waals surface area contributed by atoms with E-state index in [1.165, 1.54) is 0 Å². The number of carbonyl (C=O) groups is 2. The Morgan fingerprint density at radius 2 is 1.96 bits per heavy atom. The number of aromatic nitrogens is 2. The van der Waals surface area contributed by atoms with Crippen LogP contribution in [0.3, 0.4) is 0 Å². The maximum Gasteiger partial charge on any atom is 0.249 e. The number of rotatable bonds is 5. The predicted molar refractivity (Wildman–Crippen MR) is 99.1 cm³/mol. The first kappa shape index (κ1) is 19.8. The standard InChI is InChI=1S/C19H30N4O4/c1-16(23-8-3-7-20-23)14-17(24)21-9-4-19(5-12-27-13-6-19)22(11-10-21)18(25)15-26-2/h3,7-8,16H,4-6,9-15H2,1-2H3. The average molecular weight is 378 g/mol. The summed E-state index contributed by atoms with van der Waals surface area (Å²) in [5, 5.41) is 4.22. The molecule has 1 unspecified atom stereocenters. The zero-order valence-electron chi connectivity index (χ0n) is 16.3. The summed E-state index contributed by atoms with van der Waals surface area (Å²) in [6.07, 6.45) is 6.42. The SMILES string of the molecule is COCC(=O)N1CCN(C(=O)CC(C)n2cccn2)CCC12CCOCC2. The van der Waals surface area contributed by atoms with Crippen molar-refractivity contribution in [3.63, 3.8) is 0 Å². The summed E-state index contributed by atoms with van der Waals surface area (Å²) in [5.74, 6) is 0.111. The molecule has 3 heterocycles. The van der Waals surface area contributed by atoms with Crippen LogP contribution in [-0.4, -0.2) is 83.5 Å². The summed E-state index contributed by atoms with van der Waals surface area (Å²) >= 11 is 0. The molecule has 150 valence electrons. The topological polar surface area (TPSA) is 76.9 Å².